The van der Waals surface area contributed by atoms with Gasteiger partial charge in [-0.2, -0.15) is 0 Å². The maximum Gasteiger partial charge on any atom is 0.261 e. The van der Waals surface area contributed by atoms with Gasteiger partial charge in [0.05, 0.1) is 17.1 Å². The molecule has 168 valence electrons. The number of amides is 1. The Morgan fingerprint density at radius 1 is 1.00 bits per heavy atom. The number of aromatic nitrogens is 1. The molecule has 0 fully saturated rings. The highest BCUT2D eigenvalue weighted by Gasteiger charge is 2.31. The van der Waals surface area contributed by atoms with Crippen molar-refractivity contribution in [2.45, 2.75) is 18.4 Å². The lowest BCUT2D eigenvalue weighted by atomic mass is 10.1. The largest absolute Gasteiger partial charge is 0.363 e. The van der Waals surface area contributed by atoms with Crippen LogP contribution in [0.2, 0.25) is 0 Å². The molecule has 1 aliphatic heterocycles. The van der Waals surface area contributed by atoms with E-state index in [1.807, 2.05) is 31.2 Å². The zero-order valence-electron chi connectivity index (χ0n) is 18.1. The summed E-state index contributed by atoms with van der Waals surface area (Å²) >= 11 is 0. The lowest BCUT2D eigenvalue weighted by molar-refractivity contribution is 0.0996. The molecule has 1 amide bonds. The first-order chi connectivity index (χ1) is 16.4. The first-order valence-electron chi connectivity index (χ1n) is 10.5. The smallest absolute Gasteiger partial charge is 0.261 e. The third-order valence-electron chi connectivity index (χ3n) is 5.44. The number of anilines is 2. The summed E-state index contributed by atoms with van der Waals surface area (Å²) in [5, 5.41) is 3.72. The van der Waals surface area contributed by atoms with Crippen LogP contribution in [0.1, 0.15) is 32.7 Å². The van der Waals surface area contributed by atoms with Gasteiger partial charge in [-0.15, -0.1) is 0 Å². The minimum Gasteiger partial charge on any atom is -0.363 e. The molecule has 1 aromatic heterocycles. The molecule has 34 heavy (non-hydrogen) atoms. The summed E-state index contributed by atoms with van der Waals surface area (Å²) in [6, 6.07) is 20.6. The molecule has 1 N–H and O–H groups in total. The Labute approximate surface area is 197 Å². The number of carbonyl (C=O) groups excluding carboxylic acids is 1. The first kappa shape index (κ1) is 21.5. The van der Waals surface area contributed by atoms with E-state index in [1.165, 1.54) is 18.4 Å². The van der Waals surface area contributed by atoms with Gasteiger partial charge in [0.2, 0.25) is 0 Å². The number of carbonyl (C=O) groups is 1. The molecule has 3 aromatic carbocycles. The number of benzene rings is 3. The van der Waals surface area contributed by atoms with Crippen LogP contribution in [0.25, 0.3) is 0 Å². The molecule has 0 aliphatic carbocycles. The average Bonchev–Trinajstić information content (AvgIpc) is 3.47. The molecule has 0 bridgehead atoms. The Morgan fingerprint density at radius 2 is 1.82 bits per heavy atom. The summed E-state index contributed by atoms with van der Waals surface area (Å²) in [4.78, 5) is 14.7. The lowest BCUT2D eigenvalue weighted by Gasteiger charge is -2.16. The van der Waals surface area contributed by atoms with Gasteiger partial charge in [-0.1, -0.05) is 35.3 Å². The van der Waals surface area contributed by atoms with Gasteiger partial charge < -0.3 is 9.42 Å². The van der Waals surface area contributed by atoms with E-state index in [-0.39, 0.29) is 17.3 Å². The standard InChI is InChI=1S/C26H19N3O4S/c1-18-5-2-7-21(15-18)29-17-24-23(26(29)30)9-4-10-25(24)28-34(31,32)22-8-3-6-19(16-22)11-12-20-13-14-33-27-20/h2-10,13-16,28H,17H2,1H3. The van der Waals surface area contributed by atoms with Crippen LogP contribution in [0.3, 0.4) is 0 Å². The Kier molecular flexibility index (Phi) is 5.40. The van der Waals surface area contributed by atoms with Crippen LogP contribution in [-0.4, -0.2) is 19.5 Å². The van der Waals surface area contributed by atoms with Gasteiger partial charge in [0.25, 0.3) is 15.9 Å². The number of nitrogens with one attached hydrogen (secondary N) is 1. The summed E-state index contributed by atoms with van der Waals surface area (Å²) < 4.78 is 33.8. The molecule has 0 spiro atoms. The van der Waals surface area contributed by atoms with Crippen molar-refractivity contribution in [3.05, 3.63) is 107 Å². The monoisotopic (exact) mass is 469 g/mol. The fourth-order valence-electron chi connectivity index (χ4n) is 3.79. The maximum atomic E-state index is 13.2. The van der Waals surface area contributed by atoms with Crippen molar-refractivity contribution in [3.8, 4) is 11.8 Å². The third kappa shape index (κ3) is 4.17. The van der Waals surface area contributed by atoms with Crippen molar-refractivity contribution in [1.82, 2.24) is 5.16 Å². The highest BCUT2D eigenvalue weighted by atomic mass is 32.2. The summed E-state index contributed by atoms with van der Waals surface area (Å²) in [7, 11) is -3.92. The quantitative estimate of drug-likeness (QED) is 0.449. The molecule has 0 unspecified atom stereocenters. The van der Waals surface area contributed by atoms with Gasteiger partial charge in [0.1, 0.15) is 6.26 Å². The minimum atomic E-state index is -3.92. The number of hydrogen-bond donors (Lipinski definition) is 1. The molecule has 2 heterocycles. The minimum absolute atomic E-state index is 0.0666. The van der Waals surface area contributed by atoms with Crippen molar-refractivity contribution in [2.24, 2.45) is 0 Å². The second kappa shape index (κ2) is 8.54. The van der Waals surface area contributed by atoms with E-state index in [4.69, 9.17) is 4.52 Å². The van der Waals surface area contributed by atoms with E-state index in [1.54, 1.807) is 41.3 Å². The van der Waals surface area contributed by atoms with E-state index >= 15 is 0 Å². The van der Waals surface area contributed by atoms with E-state index in [0.29, 0.717) is 28.1 Å². The third-order valence-corrected chi connectivity index (χ3v) is 6.81. The zero-order valence-corrected chi connectivity index (χ0v) is 19.0. The molecule has 8 heteroatoms. The molecule has 0 saturated heterocycles. The van der Waals surface area contributed by atoms with Crippen LogP contribution >= 0.6 is 0 Å². The van der Waals surface area contributed by atoms with Crippen molar-refractivity contribution in [2.75, 3.05) is 9.62 Å². The van der Waals surface area contributed by atoms with Gasteiger partial charge in [-0.25, -0.2) is 8.42 Å². The van der Waals surface area contributed by atoms with Gasteiger partial charge in [0, 0.05) is 28.4 Å². The van der Waals surface area contributed by atoms with E-state index in [2.05, 4.69) is 21.7 Å². The fourth-order valence-corrected chi connectivity index (χ4v) is 4.93. The fraction of sp³-hybridized carbons (Fsp3) is 0.0769. The van der Waals surface area contributed by atoms with Crippen molar-refractivity contribution in [1.29, 1.82) is 0 Å². The van der Waals surface area contributed by atoms with Crippen LogP contribution < -0.4 is 9.62 Å². The van der Waals surface area contributed by atoms with Crippen LogP contribution in [0.4, 0.5) is 11.4 Å². The summed E-state index contributed by atoms with van der Waals surface area (Å²) in [6.07, 6.45) is 1.41. The van der Waals surface area contributed by atoms with Gasteiger partial charge in [-0.3, -0.25) is 9.52 Å². The second-order valence-corrected chi connectivity index (χ2v) is 9.51. The Bertz CT molecular complexity index is 1570. The number of hydrogen-bond acceptors (Lipinski definition) is 5. The molecule has 7 nitrogen and oxygen atoms in total. The van der Waals surface area contributed by atoms with Crippen molar-refractivity contribution < 1.29 is 17.7 Å². The summed E-state index contributed by atoms with van der Waals surface area (Å²) in [6.45, 7) is 2.24. The lowest BCUT2D eigenvalue weighted by Crippen LogP contribution is -2.23. The summed E-state index contributed by atoms with van der Waals surface area (Å²) in [5.74, 6) is 5.54. The SMILES string of the molecule is Cc1cccc(N2Cc3c(NS(=O)(=O)c4cccc(C#Cc5ccon5)c4)cccc3C2=O)c1. The van der Waals surface area contributed by atoms with E-state index in [9.17, 15) is 13.2 Å². The van der Waals surface area contributed by atoms with Crippen LogP contribution in [0, 0.1) is 18.8 Å². The molecule has 5 rings (SSSR count). The van der Waals surface area contributed by atoms with Crippen molar-refractivity contribution >= 4 is 27.3 Å². The normalized spacial score (nSPS) is 12.7. The summed E-state index contributed by atoms with van der Waals surface area (Å²) in [5.41, 5.74) is 4.27. The first-order valence-corrected chi connectivity index (χ1v) is 11.9. The van der Waals surface area contributed by atoms with Gasteiger partial charge >= 0.3 is 0 Å². The second-order valence-electron chi connectivity index (χ2n) is 7.83. The van der Waals surface area contributed by atoms with Crippen LogP contribution in [0.15, 0.2) is 88.5 Å². The molecule has 1 aliphatic rings. The molecule has 0 radical (unpaired) electrons. The predicted molar refractivity (Wildman–Crippen MR) is 128 cm³/mol. The molecular weight excluding hydrogens is 450 g/mol. The molecule has 0 saturated carbocycles. The highest BCUT2D eigenvalue weighted by Crippen LogP contribution is 2.34. The predicted octanol–water partition coefficient (Wildman–Crippen LogP) is 4.34. The van der Waals surface area contributed by atoms with Crippen molar-refractivity contribution in [3.63, 3.8) is 0 Å². The molecule has 4 aromatic rings. The molecular formula is C26H19N3O4S. The number of aryl methyl sites for hydroxylation is 1. The average molecular weight is 470 g/mol. The number of nitrogens with zero attached hydrogens (tertiary/aromatic N) is 2. The van der Waals surface area contributed by atoms with Gasteiger partial charge in [-0.05, 0) is 60.9 Å². The number of sulfonamides is 1. The number of rotatable bonds is 4. The Hall–Kier alpha value is -4.35. The van der Waals surface area contributed by atoms with E-state index < -0.39 is 10.0 Å². The Morgan fingerprint density at radius 3 is 2.62 bits per heavy atom. The van der Waals surface area contributed by atoms with E-state index in [0.717, 1.165) is 11.3 Å². The topological polar surface area (TPSA) is 92.5 Å². The number of fused-ring (bicyclic) bond motifs is 1. The van der Waals surface area contributed by atoms with Gasteiger partial charge in [0.15, 0.2) is 5.69 Å². The zero-order chi connectivity index (χ0) is 23.7. The molecule has 0 atom stereocenters. The Balaban J connectivity index is 1.43. The van der Waals surface area contributed by atoms with Crippen LogP contribution in [-0.2, 0) is 16.6 Å². The maximum absolute atomic E-state index is 13.2. The van der Waals surface area contributed by atoms with Crippen LogP contribution in [0.5, 0.6) is 0 Å². The highest BCUT2D eigenvalue weighted by molar-refractivity contribution is 7.92.